The lowest BCUT2D eigenvalue weighted by atomic mass is 10.2. The summed E-state index contributed by atoms with van der Waals surface area (Å²) in [6.07, 6.45) is 0. The van der Waals surface area contributed by atoms with Gasteiger partial charge in [0, 0.05) is 11.6 Å². The summed E-state index contributed by atoms with van der Waals surface area (Å²) in [5.41, 5.74) is 1.43. The normalized spacial score (nSPS) is 11.4. The molecule has 0 heterocycles. The molecule has 0 aromatic heterocycles. The zero-order valence-corrected chi connectivity index (χ0v) is 16.0. The van der Waals surface area contributed by atoms with E-state index in [-0.39, 0.29) is 22.4 Å². The summed E-state index contributed by atoms with van der Waals surface area (Å²) in [7, 11) is -3.63. The van der Waals surface area contributed by atoms with Crippen LogP contribution in [0.4, 0.5) is 0 Å². The molecule has 0 fully saturated rings. The molecule has 0 aliphatic carbocycles. The van der Waals surface area contributed by atoms with E-state index < -0.39 is 10.0 Å². The van der Waals surface area contributed by atoms with Crippen LogP contribution in [0.2, 0.25) is 0 Å². The maximum absolute atomic E-state index is 12.2. The number of nitrogens with one attached hydrogen (secondary N) is 2. The molecule has 0 unspecified atom stereocenters. The lowest BCUT2D eigenvalue weighted by Gasteiger charge is -2.11. The van der Waals surface area contributed by atoms with Crippen molar-refractivity contribution in [3.63, 3.8) is 0 Å². The third-order valence-electron chi connectivity index (χ3n) is 3.47. The molecule has 0 bridgehead atoms. The number of sulfonamides is 1. The van der Waals surface area contributed by atoms with Gasteiger partial charge >= 0.3 is 0 Å². The summed E-state index contributed by atoms with van der Waals surface area (Å²) in [4.78, 5) is 12.3. The average molecular weight is 376 g/mol. The van der Waals surface area contributed by atoms with Gasteiger partial charge in [0.1, 0.15) is 12.4 Å². The van der Waals surface area contributed by atoms with E-state index in [9.17, 15) is 13.2 Å². The highest BCUT2D eigenvalue weighted by Gasteiger charge is 2.17. The van der Waals surface area contributed by atoms with Crippen molar-refractivity contribution in [1.82, 2.24) is 10.0 Å². The highest BCUT2D eigenvalue weighted by Crippen LogP contribution is 2.13. The highest BCUT2D eigenvalue weighted by molar-refractivity contribution is 7.89. The fraction of sp³-hybridized carbons (Fsp3) is 0.316. The molecule has 0 saturated heterocycles. The van der Waals surface area contributed by atoms with Crippen molar-refractivity contribution in [2.75, 3.05) is 13.2 Å². The minimum Gasteiger partial charge on any atom is -0.492 e. The minimum absolute atomic E-state index is 0.0646. The summed E-state index contributed by atoms with van der Waals surface area (Å²) >= 11 is 0. The maximum atomic E-state index is 12.2. The first-order valence-electron chi connectivity index (χ1n) is 8.38. The number of hydrogen-bond acceptors (Lipinski definition) is 4. The topological polar surface area (TPSA) is 84.5 Å². The Bertz CT molecular complexity index is 846. The second kappa shape index (κ2) is 8.82. The molecule has 0 atom stereocenters. The lowest BCUT2D eigenvalue weighted by Crippen LogP contribution is -2.31. The number of amides is 1. The Morgan fingerprint density at radius 2 is 1.81 bits per heavy atom. The summed E-state index contributed by atoms with van der Waals surface area (Å²) in [6.45, 7) is 6.11. The van der Waals surface area contributed by atoms with E-state index in [0.717, 1.165) is 11.3 Å². The SMILES string of the molecule is Cc1ccc(OCCNC(=O)c2cccc(S(=O)(=O)NC(C)C)c2)cc1. The number of rotatable bonds is 8. The van der Waals surface area contributed by atoms with Crippen LogP contribution in [0.3, 0.4) is 0 Å². The predicted molar refractivity (Wildman–Crippen MR) is 101 cm³/mol. The molecule has 7 heteroatoms. The molecular weight excluding hydrogens is 352 g/mol. The molecule has 2 rings (SSSR count). The molecule has 0 aliphatic rings. The van der Waals surface area contributed by atoms with Gasteiger partial charge in [-0.05, 0) is 51.1 Å². The Morgan fingerprint density at radius 1 is 1.12 bits per heavy atom. The van der Waals surface area contributed by atoms with Crippen molar-refractivity contribution in [1.29, 1.82) is 0 Å². The van der Waals surface area contributed by atoms with Gasteiger partial charge < -0.3 is 10.1 Å². The molecule has 2 N–H and O–H groups in total. The Kier molecular flexibility index (Phi) is 6.76. The van der Waals surface area contributed by atoms with Crippen molar-refractivity contribution < 1.29 is 17.9 Å². The van der Waals surface area contributed by atoms with Crippen LogP contribution in [-0.2, 0) is 10.0 Å². The van der Waals surface area contributed by atoms with E-state index in [0.29, 0.717) is 13.2 Å². The molecule has 0 spiro atoms. The molecule has 1 amide bonds. The summed E-state index contributed by atoms with van der Waals surface area (Å²) in [6, 6.07) is 13.4. The monoisotopic (exact) mass is 376 g/mol. The van der Waals surface area contributed by atoms with E-state index in [1.807, 2.05) is 31.2 Å². The van der Waals surface area contributed by atoms with Gasteiger partial charge in [-0.3, -0.25) is 4.79 Å². The van der Waals surface area contributed by atoms with Crippen LogP contribution >= 0.6 is 0 Å². The van der Waals surface area contributed by atoms with E-state index >= 15 is 0 Å². The van der Waals surface area contributed by atoms with Crippen molar-refractivity contribution in [3.8, 4) is 5.75 Å². The molecule has 6 nitrogen and oxygen atoms in total. The fourth-order valence-corrected chi connectivity index (χ4v) is 3.55. The summed E-state index contributed by atoms with van der Waals surface area (Å²) in [5.74, 6) is 0.386. The second-order valence-corrected chi connectivity index (χ2v) is 7.94. The van der Waals surface area contributed by atoms with Crippen LogP contribution in [0.5, 0.6) is 5.75 Å². The number of hydrogen-bond donors (Lipinski definition) is 2. The Balaban J connectivity index is 1.91. The number of benzene rings is 2. The number of aryl methyl sites for hydroxylation is 1. The van der Waals surface area contributed by atoms with E-state index in [2.05, 4.69) is 10.0 Å². The Hall–Kier alpha value is -2.38. The van der Waals surface area contributed by atoms with Gasteiger partial charge in [-0.25, -0.2) is 13.1 Å². The van der Waals surface area contributed by atoms with Gasteiger partial charge in [0.05, 0.1) is 11.4 Å². The predicted octanol–water partition coefficient (Wildman–Crippen LogP) is 2.49. The van der Waals surface area contributed by atoms with E-state index in [1.165, 1.54) is 12.1 Å². The Morgan fingerprint density at radius 3 is 2.46 bits per heavy atom. The zero-order chi connectivity index (χ0) is 19.2. The first kappa shape index (κ1) is 19.9. The van der Waals surface area contributed by atoms with Crippen molar-refractivity contribution in [3.05, 3.63) is 59.7 Å². The maximum Gasteiger partial charge on any atom is 0.251 e. The van der Waals surface area contributed by atoms with Gasteiger partial charge in [-0.2, -0.15) is 0 Å². The Labute approximate surface area is 154 Å². The number of carbonyl (C=O) groups excluding carboxylic acids is 1. The zero-order valence-electron chi connectivity index (χ0n) is 15.2. The van der Waals surface area contributed by atoms with Crippen LogP contribution in [0, 0.1) is 6.92 Å². The fourth-order valence-electron chi connectivity index (χ4n) is 2.25. The van der Waals surface area contributed by atoms with Crippen LogP contribution in [-0.4, -0.2) is 33.5 Å². The van der Waals surface area contributed by atoms with Gasteiger partial charge in [0.15, 0.2) is 0 Å². The largest absolute Gasteiger partial charge is 0.492 e. The number of carbonyl (C=O) groups is 1. The van der Waals surface area contributed by atoms with Gasteiger partial charge in [0.2, 0.25) is 10.0 Å². The summed E-state index contributed by atoms with van der Waals surface area (Å²) < 4.78 is 32.4. The molecular formula is C19H24N2O4S. The molecule has 0 aliphatic heterocycles. The van der Waals surface area contributed by atoms with Crippen molar-refractivity contribution >= 4 is 15.9 Å². The molecule has 2 aromatic carbocycles. The highest BCUT2D eigenvalue weighted by atomic mass is 32.2. The van der Waals surface area contributed by atoms with Crippen LogP contribution in [0.25, 0.3) is 0 Å². The molecule has 26 heavy (non-hydrogen) atoms. The van der Waals surface area contributed by atoms with Gasteiger partial charge in [-0.15, -0.1) is 0 Å². The van der Waals surface area contributed by atoms with Crippen LogP contribution in [0.15, 0.2) is 53.4 Å². The smallest absolute Gasteiger partial charge is 0.251 e. The minimum atomic E-state index is -3.63. The molecule has 0 radical (unpaired) electrons. The van der Waals surface area contributed by atoms with Crippen LogP contribution < -0.4 is 14.8 Å². The van der Waals surface area contributed by atoms with Crippen molar-refractivity contribution in [2.24, 2.45) is 0 Å². The first-order valence-corrected chi connectivity index (χ1v) is 9.86. The molecule has 2 aromatic rings. The summed E-state index contributed by atoms with van der Waals surface area (Å²) in [5, 5.41) is 2.72. The van der Waals surface area contributed by atoms with Gasteiger partial charge in [0.25, 0.3) is 5.91 Å². The second-order valence-electron chi connectivity index (χ2n) is 6.22. The van der Waals surface area contributed by atoms with Gasteiger partial charge in [-0.1, -0.05) is 23.8 Å². The third-order valence-corrected chi connectivity index (χ3v) is 5.13. The quantitative estimate of drug-likeness (QED) is 0.693. The number of ether oxygens (including phenoxy) is 1. The molecule has 0 saturated carbocycles. The lowest BCUT2D eigenvalue weighted by molar-refractivity contribution is 0.0947. The third kappa shape index (κ3) is 5.86. The van der Waals surface area contributed by atoms with Crippen LogP contribution in [0.1, 0.15) is 29.8 Å². The molecule has 140 valence electrons. The van der Waals surface area contributed by atoms with E-state index in [1.54, 1.807) is 26.0 Å². The first-order chi connectivity index (χ1) is 12.3. The average Bonchev–Trinajstić information content (AvgIpc) is 2.59. The van der Waals surface area contributed by atoms with E-state index in [4.69, 9.17) is 4.74 Å². The van der Waals surface area contributed by atoms with Crippen molar-refractivity contribution in [2.45, 2.75) is 31.7 Å². The standard InChI is InChI=1S/C19H24N2O4S/c1-14(2)21-26(23,24)18-6-4-5-16(13-18)19(22)20-11-12-25-17-9-7-15(3)8-10-17/h4-10,13-14,21H,11-12H2,1-3H3,(H,20,22).